The van der Waals surface area contributed by atoms with Crippen LogP contribution in [0.3, 0.4) is 0 Å². The van der Waals surface area contributed by atoms with E-state index in [-0.39, 0.29) is 11.4 Å². The maximum atomic E-state index is 13.2. The Morgan fingerprint density at radius 3 is 2.48 bits per heavy atom. The first-order chi connectivity index (χ1) is 13.8. The molecular weight excluding hydrogens is 368 g/mol. The van der Waals surface area contributed by atoms with Crippen LogP contribution in [0.15, 0.2) is 60.0 Å². The number of hydrogen-bond acceptors (Lipinski definition) is 5. The van der Waals surface area contributed by atoms with Gasteiger partial charge < -0.3 is 14.7 Å². The third-order valence-electron chi connectivity index (χ3n) is 5.00. The van der Waals surface area contributed by atoms with Crippen LogP contribution in [-0.2, 0) is 16.0 Å². The minimum atomic E-state index is -0.749. The molecule has 3 rings (SSSR count). The van der Waals surface area contributed by atoms with Crippen LogP contribution in [0.1, 0.15) is 38.1 Å². The van der Waals surface area contributed by atoms with Gasteiger partial charge in [-0.15, -0.1) is 0 Å². The predicted octanol–water partition coefficient (Wildman–Crippen LogP) is 3.64. The highest BCUT2D eigenvalue weighted by Gasteiger charge is 2.46. The monoisotopic (exact) mass is 394 g/mol. The highest BCUT2D eigenvalue weighted by Crippen LogP contribution is 2.43. The molecule has 0 bridgehead atoms. The van der Waals surface area contributed by atoms with Crippen molar-refractivity contribution in [3.63, 3.8) is 0 Å². The molecular formula is C23H26N2O4. The van der Waals surface area contributed by atoms with Gasteiger partial charge in [-0.05, 0) is 18.2 Å². The maximum absolute atomic E-state index is 13.2. The number of pyridine rings is 1. The molecule has 0 spiro atoms. The number of carbonyl (C=O) groups excluding carboxylic acids is 2. The van der Waals surface area contributed by atoms with Gasteiger partial charge in [-0.2, -0.15) is 0 Å². The molecule has 29 heavy (non-hydrogen) atoms. The molecule has 1 amide bonds. The Bertz CT molecular complexity index is 945. The number of aromatic nitrogens is 1. The molecule has 1 aliphatic rings. The number of ketones is 1. The molecule has 1 aliphatic heterocycles. The number of rotatable bonds is 6. The van der Waals surface area contributed by atoms with Crippen molar-refractivity contribution in [3.05, 3.63) is 71.3 Å². The maximum Gasteiger partial charge on any atom is 0.290 e. The van der Waals surface area contributed by atoms with E-state index in [1.807, 2.05) is 36.4 Å². The van der Waals surface area contributed by atoms with Crippen LogP contribution in [0, 0.1) is 5.41 Å². The average molecular weight is 394 g/mol. The lowest BCUT2D eigenvalue weighted by molar-refractivity contribution is -0.129. The van der Waals surface area contributed by atoms with Crippen molar-refractivity contribution in [2.45, 2.75) is 33.2 Å². The van der Waals surface area contributed by atoms with Crippen LogP contribution in [0.2, 0.25) is 0 Å². The Kier molecular flexibility index (Phi) is 5.73. The van der Waals surface area contributed by atoms with E-state index < -0.39 is 23.1 Å². The van der Waals surface area contributed by atoms with Crippen LogP contribution >= 0.6 is 0 Å². The lowest BCUT2D eigenvalue weighted by Crippen LogP contribution is -2.34. The van der Waals surface area contributed by atoms with Gasteiger partial charge >= 0.3 is 0 Å². The molecule has 0 saturated carbocycles. The van der Waals surface area contributed by atoms with E-state index >= 15 is 0 Å². The zero-order valence-electron chi connectivity index (χ0n) is 17.2. The van der Waals surface area contributed by atoms with Crippen molar-refractivity contribution >= 4 is 11.7 Å². The fourth-order valence-corrected chi connectivity index (χ4v) is 3.52. The van der Waals surface area contributed by atoms with Crippen molar-refractivity contribution in [2.24, 2.45) is 5.41 Å². The number of ether oxygens (including phenoxy) is 1. The van der Waals surface area contributed by atoms with E-state index in [1.54, 1.807) is 40.1 Å². The van der Waals surface area contributed by atoms with Gasteiger partial charge in [0.25, 0.3) is 5.91 Å². The molecule has 1 aromatic carbocycles. The van der Waals surface area contributed by atoms with Gasteiger partial charge in [-0.25, -0.2) is 0 Å². The highest BCUT2D eigenvalue weighted by molar-refractivity contribution is 6.10. The van der Waals surface area contributed by atoms with Gasteiger partial charge in [0.05, 0.1) is 18.7 Å². The molecule has 0 fully saturated rings. The van der Waals surface area contributed by atoms with Crippen LogP contribution in [0.25, 0.3) is 0 Å². The van der Waals surface area contributed by atoms with Crippen molar-refractivity contribution in [3.8, 4) is 5.75 Å². The van der Waals surface area contributed by atoms with Gasteiger partial charge in [0.1, 0.15) is 5.75 Å². The minimum absolute atomic E-state index is 0.119. The standard InChI is InChI=1S/C23H26N2O4/c1-23(2,3)21(27)18-19(16-10-5-6-11-17(16)29-4)25(22(28)20(18)26)14-12-15-9-7-8-13-24-15/h5-11,13,19,26H,12,14H2,1-4H3/t19-/m0/s1. The predicted molar refractivity (Wildman–Crippen MR) is 110 cm³/mol. The van der Waals surface area contributed by atoms with Gasteiger partial charge in [0, 0.05) is 35.8 Å². The molecule has 0 unspecified atom stereocenters. The van der Waals surface area contributed by atoms with Gasteiger partial charge in [-0.3, -0.25) is 14.6 Å². The number of aliphatic hydroxyl groups excluding tert-OH is 1. The number of methoxy groups -OCH3 is 1. The molecule has 152 valence electrons. The van der Waals surface area contributed by atoms with Gasteiger partial charge in [0.15, 0.2) is 11.5 Å². The average Bonchev–Trinajstić information content (AvgIpc) is 2.96. The number of para-hydroxylation sites is 1. The normalized spacial score (nSPS) is 17.0. The Morgan fingerprint density at radius 2 is 1.86 bits per heavy atom. The summed E-state index contributed by atoms with van der Waals surface area (Å²) in [5, 5.41) is 10.7. The Hall–Kier alpha value is -3.15. The smallest absolute Gasteiger partial charge is 0.290 e. The lowest BCUT2D eigenvalue weighted by Gasteiger charge is -2.29. The van der Waals surface area contributed by atoms with Crippen molar-refractivity contribution in [1.82, 2.24) is 9.88 Å². The number of nitrogens with zero attached hydrogens (tertiary/aromatic N) is 2. The molecule has 2 heterocycles. The first-order valence-corrected chi connectivity index (χ1v) is 9.57. The molecule has 1 aromatic heterocycles. The number of hydrogen-bond donors (Lipinski definition) is 1. The van der Waals surface area contributed by atoms with E-state index in [2.05, 4.69) is 4.98 Å². The number of Topliss-reactive ketones (excluding diaryl/α,β-unsaturated/α-hetero) is 1. The zero-order valence-corrected chi connectivity index (χ0v) is 17.2. The number of carbonyl (C=O) groups is 2. The molecule has 0 aliphatic carbocycles. The van der Waals surface area contributed by atoms with Crippen molar-refractivity contribution < 1.29 is 19.4 Å². The Morgan fingerprint density at radius 1 is 1.17 bits per heavy atom. The summed E-state index contributed by atoms with van der Waals surface area (Å²) < 4.78 is 5.49. The summed E-state index contributed by atoms with van der Waals surface area (Å²) in [6, 6.07) is 12.1. The quantitative estimate of drug-likeness (QED) is 0.809. The third-order valence-corrected chi connectivity index (χ3v) is 5.00. The first kappa shape index (κ1) is 20.6. The summed E-state index contributed by atoms with van der Waals surface area (Å²) in [5.74, 6) is -0.743. The fourth-order valence-electron chi connectivity index (χ4n) is 3.52. The molecule has 1 atom stereocenters. The van der Waals surface area contributed by atoms with E-state index in [0.717, 1.165) is 5.69 Å². The number of benzene rings is 1. The van der Waals surface area contributed by atoms with Crippen molar-refractivity contribution in [2.75, 3.05) is 13.7 Å². The number of amides is 1. The first-order valence-electron chi connectivity index (χ1n) is 9.57. The molecule has 1 N–H and O–H groups in total. The summed E-state index contributed by atoms with van der Waals surface area (Å²) in [6.45, 7) is 5.63. The van der Waals surface area contributed by atoms with Gasteiger partial charge in [0.2, 0.25) is 0 Å². The van der Waals surface area contributed by atoms with E-state index in [1.165, 1.54) is 4.90 Å². The van der Waals surface area contributed by atoms with E-state index in [0.29, 0.717) is 24.3 Å². The Labute approximate surface area is 170 Å². The van der Waals surface area contributed by atoms with Crippen LogP contribution < -0.4 is 4.74 Å². The van der Waals surface area contributed by atoms with Crippen LogP contribution in [-0.4, -0.2) is 40.3 Å². The topological polar surface area (TPSA) is 79.7 Å². The van der Waals surface area contributed by atoms with Crippen LogP contribution in [0.5, 0.6) is 5.75 Å². The molecule has 0 radical (unpaired) electrons. The highest BCUT2D eigenvalue weighted by atomic mass is 16.5. The SMILES string of the molecule is COc1ccccc1[C@H]1C(C(=O)C(C)(C)C)=C(O)C(=O)N1CCc1ccccn1. The molecule has 0 saturated heterocycles. The number of aliphatic hydroxyl groups is 1. The largest absolute Gasteiger partial charge is 0.503 e. The lowest BCUT2D eigenvalue weighted by atomic mass is 9.82. The third kappa shape index (κ3) is 4.01. The molecule has 6 heteroatoms. The second-order valence-corrected chi connectivity index (χ2v) is 8.06. The Balaban J connectivity index is 2.05. The van der Waals surface area contributed by atoms with E-state index in [9.17, 15) is 14.7 Å². The zero-order chi connectivity index (χ0) is 21.2. The van der Waals surface area contributed by atoms with Crippen LogP contribution in [0.4, 0.5) is 0 Å². The summed E-state index contributed by atoms with van der Waals surface area (Å²) in [5.41, 5.74) is 0.865. The summed E-state index contributed by atoms with van der Waals surface area (Å²) >= 11 is 0. The second-order valence-electron chi connectivity index (χ2n) is 8.06. The second kappa shape index (κ2) is 8.07. The van der Waals surface area contributed by atoms with Gasteiger partial charge in [-0.1, -0.05) is 45.0 Å². The van der Waals surface area contributed by atoms with Crippen molar-refractivity contribution in [1.29, 1.82) is 0 Å². The fraction of sp³-hybridized carbons (Fsp3) is 0.348. The minimum Gasteiger partial charge on any atom is -0.503 e. The molecule has 2 aromatic rings. The summed E-state index contributed by atoms with van der Waals surface area (Å²) in [7, 11) is 1.54. The van der Waals surface area contributed by atoms with E-state index in [4.69, 9.17) is 4.74 Å². The summed E-state index contributed by atoms with van der Waals surface area (Å²) in [6.07, 6.45) is 2.20. The molecule has 6 nitrogen and oxygen atoms in total. The summed E-state index contributed by atoms with van der Waals surface area (Å²) in [4.78, 5) is 32.0.